The van der Waals surface area contributed by atoms with Gasteiger partial charge in [-0.25, -0.2) is 9.97 Å². The van der Waals surface area contributed by atoms with Crippen molar-refractivity contribution in [3.63, 3.8) is 0 Å². The average molecular weight is 283 g/mol. The second kappa shape index (κ2) is 4.56. The zero-order valence-corrected chi connectivity index (χ0v) is 10.9. The lowest BCUT2D eigenvalue weighted by Crippen LogP contribution is -1.98. The SMILES string of the molecule is Clc1cnc(CNc2cnc3sncc3c2)s1. The number of nitrogens with zero attached hydrogens (tertiary/aromatic N) is 3. The fourth-order valence-electron chi connectivity index (χ4n) is 1.42. The molecule has 0 amide bonds. The number of halogens is 1. The van der Waals surface area contributed by atoms with Crippen LogP contribution in [0.2, 0.25) is 4.34 Å². The third-order valence-corrected chi connectivity index (χ3v) is 4.02. The quantitative estimate of drug-likeness (QED) is 0.800. The van der Waals surface area contributed by atoms with E-state index in [0.29, 0.717) is 10.9 Å². The maximum Gasteiger partial charge on any atom is 0.143 e. The number of anilines is 1. The summed E-state index contributed by atoms with van der Waals surface area (Å²) >= 11 is 8.69. The van der Waals surface area contributed by atoms with Crippen LogP contribution in [0, 0.1) is 0 Å². The molecule has 0 aromatic carbocycles. The molecule has 3 rings (SSSR count). The summed E-state index contributed by atoms with van der Waals surface area (Å²) < 4.78 is 4.79. The first-order valence-corrected chi connectivity index (χ1v) is 6.82. The van der Waals surface area contributed by atoms with E-state index in [1.807, 2.05) is 12.3 Å². The third kappa shape index (κ3) is 2.38. The number of rotatable bonds is 3. The van der Waals surface area contributed by atoms with Gasteiger partial charge in [-0.05, 0) is 17.6 Å². The molecule has 0 saturated carbocycles. The molecule has 0 aliphatic heterocycles. The van der Waals surface area contributed by atoms with Crippen molar-refractivity contribution >= 4 is 50.4 Å². The molecule has 3 aromatic heterocycles. The van der Waals surface area contributed by atoms with Crippen LogP contribution in [0.3, 0.4) is 0 Å². The van der Waals surface area contributed by atoms with Gasteiger partial charge in [-0.2, -0.15) is 4.37 Å². The molecule has 0 aliphatic rings. The minimum atomic E-state index is 0.655. The molecule has 3 aromatic rings. The molecule has 0 saturated heterocycles. The normalized spacial score (nSPS) is 10.9. The van der Waals surface area contributed by atoms with Crippen LogP contribution < -0.4 is 5.32 Å². The number of fused-ring (bicyclic) bond motifs is 1. The molecule has 0 radical (unpaired) electrons. The Morgan fingerprint density at radius 2 is 2.18 bits per heavy atom. The topological polar surface area (TPSA) is 50.7 Å². The third-order valence-electron chi connectivity index (χ3n) is 2.18. The van der Waals surface area contributed by atoms with E-state index in [1.165, 1.54) is 22.9 Å². The second-order valence-corrected chi connectivity index (χ2v) is 5.88. The minimum absolute atomic E-state index is 0.655. The molecule has 0 atom stereocenters. The number of thiazole rings is 1. The van der Waals surface area contributed by atoms with Crippen LogP contribution in [-0.2, 0) is 6.54 Å². The van der Waals surface area contributed by atoms with Crippen LogP contribution in [0.1, 0.15) is 5.01 Å². The molecule has 1 N–H and O–H groups in total. The first kappa shape index (κ1) is 10.9. The molecule has 17 heavy (non-hydrogen) atoms. The summed E-state index contributed by atoms with van der Waals surface area (Å²) in [6.45, 7) is 0.655. The number of nitrogens with one attached hydrogen (secondary N) is 1. The van der Waals surface area contributed by atoms with Gasteiger partial charge >= 0.3 is 0 Å². The van der Waals surface area contributed by atoms with Crippen LogP contribution in [0.4, 0.5) is 5.69 Å². The predicted molar refractivity (Wildman–Crippen MR) is 71.9 cm³/mol. The Kier molecular flexibility index (Phi) is 2.92. The Morgan fingerprint density at radius 1 is 1.24 bits per heavy atom. The number of aromatic nitrogens is 3. The van der Waals surface area contributed by atoms with E-state index in [4.69, 9.17) is 11.6 Å². The molecular weight excluding hydrogens is 276 g/mol. The first-order valence-electron chi connectivity index (χ1n) is 4.86. The van der Waals surface area contributed by atoms with Gasteiger partial charge in [0.05, 0.1) is 30.8 Å². The fraction of sp³-hybridized carbons (Fsp3) is 0.100. The van der Waals surface area contributed by atoms with Gasteiger partial charge < -0.3 is 5.32 Å². The number of pyridine rings is 1. The summed E-state index contributed by atoms with van der Waals surface area (Å²) in [6.07, 6.45) is 5.28. The van der Waals surface area contributed by atoms with E-state index in [2.05, 4.69) is 19.7 Å². The van der Waals surface area contributed by atoms with E-state index in [1.54, 1.807) is 12.4 Å². The Morgan fingerprint density at radius 3 is 3.00 bits per heavy atom. The van der Waals surface area contributed by atoms with Crippen LogP contribution in [-0.4, -0.2) is 14.3 Å². The van der Waals surface area contributed by atoms with Gasteiger partial charge in [0.25, 0.3) is 0 Å². The van der Waals surface area contributed by atoms with Crippen molar-refractivity contribution in [3.05, 3.63) is 34.0 Å². The lowest BCUT2D eigenvalue weighted by molar-refractivity contribution is 1.10. The fourth-order valence-corrected chi connectivity index (χ4v) is 2.89. The largest absolute Gasteiger partial charge is 0.377 e. The van der Waals surface area contributed by atoms with Gasteiger partial charge in [0.15, 0.2) is 0 Å². The summed E-state index contributed by atoms with van der Waals surface area (Å²) in [5.41, 5.74) is 0.962. The van der Waals surface area contributed by atoms with Gasteiger partial charge in [0.1, 0.15) is 14.2 Å². The molecule has 0 aliphatic carbocycles. The van der Waals surface area contributed by atoms with Crippen molar-refractivity contribution in [2.75, 3.05) is 5.32 Å². The standard InChI is InChI=1S/C10H7ClN4S2/c11-8-4-13-9(16-8)5-12-7-1-6-2-15-17-10(6)14-3-7/h1-4,12H,5H2. The van der Waals surface area contributed by atoms with E-state index < -0.39 is 0 Å². The second-order valence-electron chi connectivity index (χ2n) is 3.36. The zero-order valence-electron chi connectivity index (χ0n) is 8.55. The van der Waals surface area contributed by atoms with Gasteiger partial charge in [-0.1, -0.05) is 11.6 Å². The average Bonchev–Trinajstić information content (AvgIpc) is 2.94. The highest BCUT2D eigenvalue weighted by Gasteiger charge is 2.02. The van der Waals surface area contributed by atoms with Crippen molar-refractivity contribution in [2.45, 2.75) is 6.54 Å². The summed E-state index contributed by atoms with van der Waals surface area (Å²) in [7, 11) is 0. The van der Waals surface area contributed by atoms with Crippen LogP contribution in [0.25, 0.3) is 10.2 Å². The van der Waals surface area contributed by atoms with E-state index >= 15 is 0 Å². The molecule has 4 nitrogen and oxygen atoms in total. The molecule has 0 unspecified atom stereocenters. The summed E-state index contributed by atoms with van der Waals surface area (Å²) in [4.78, 5) is 9.44. The highest BCUT2D eigenvalue weighted by molar-refractivity contribution is 7.15. The minimum Gasteiger partial charge on any atom is -0.377 e. The lowest BCUT2D eigenvalue weighted by atomic mass is 10.3. The van der Waals surface area contributed by atoms with Crippen LogP contribution in [0.15, 0.2) is 24.7 Å². The van der Waals surface area contributed by atoms with E-state index in [9.17, 15) is 0 Å². The predicted octanol–water partition coefficient (Wildman–Crippen LogP) is 3.41. The van der Waals surface area contributed by atoms with Crippen molar-refractivity contribution in [1.29, 1.82) is 0 Å². The molecule has 86 valence electrons. The van der Waals surface area contributed by atoms with Gasteiger partial charge in [0, 0.05) is 5.39 Å². The summed E-state index contributed by atoms with van der Waals surface area (Å²) in [6, 6.07) is 2.03. The van der Waals surface area contributed by atoms with E-state index in [-0.39, 0.29) is 0 Å². The Bertz CT molecular complexity index is 648. The lowest BCUT2D eigenvalue weighted by Gasteiger charge is -2.02. The van der Waals surface area contributed by atoms with Crippen molar-refractivity contribution < 1.29 is 0 Å². The van der Waals surface area contributed by atoms with Crippen LogP contribution >= 0.6 is 34.5 Å². The molecular formula is C10H7ClN4S2. The van der Waals surface area contributed by atoms with Gasteiger partial charge in [-0.15, -0.1) is 11.3 Å². The molecule has 0 fully saturated rings. The highest BCUT2D eigenvalue weighted by atomic mass is 35.5. The van der Waals surface area contributed by atoms with Crippen molar-refractivity contribution in [2.24, 2.45) is 0 Å². The molecule has 3 heterocycles. The Balaban J connectivity index is 1.76. The van der Waals surface area contributed by atoms with Gasteiger partial charge in [0.2, 0.25) is 0 Å². The summed E-state index contributed by atoms with van der Waals surface area (Å²) in [5.74, 6) is 0. The Labute approximate surface area is 110 Å². The molecule has 0 bridgehead atoms. The van der Waals surface area contributed by atoms with E-state index in [0.717, 1.165) is 20.9 Å². The first-order chi connectivity index (χ1) is 8.31. The monoisotopic (exact) mass is 282 g/mol. The maximum absolute atomic E-state index is 5.81. The number of hydrogen-bond donors (Lipinski definition) is 1. The van der Waals surface area contributed by atoms with Crippen molar-refractivity contribution in [1.82, 2.24) is 14.3 Å². The van der Waals surface area contributed by atoms with Gasteiger partial charge in [-0.3, -0.25) is 0 Å². The smallest absolute Gasteiger partial charge is 0.143 e. The van der Waals surface area contributed by atoms with Crippen LogP contribution in [0.5, 0.6) is 0 Å². The summed E-state index contributed by atoms with van der Waals surface area (Å²) in [5, 5.41) is 5.27. The molecule has 7 heteroatoms. The zero-order chi connectivity index (χ0) is 11.7. The molecule has 0 spiro atoms. The van der Waals surface area contributed by atoms with Crippen molar-refractivity contribution in [3.8, 4) is 0 Å². The highest BCUT2D eigenvalue weighted by Crippen LogP contribution is 2.21. The Hall–Kier alpha value is -1.24. The maximum atomic E-state index is 5.81. The number of hydrogen-bond acceptors (Lipinski definition) is 6.